The lowest BCUT2D eigenvalue weighted by Crippen LogP contribution is -3.11. The minimum atomic E-state index is -1.14. The molecule has 1 saturated heterocycles. The molecule has 0 radical (unpaired) electrons. The zero-order valence-electron chi connectivity index (χ0n) is 9.56. The van der Waals surface area contributed by atoms with Crippen molar-refractivity contribution in [2.24, 2.45) is 5.92 Å². The minimum absolute atomic E-state index is 0.00819. The monoisotopic (exact) mass is 221 g/mol. The molecule has 2 unspecified atom stereocenters. The van der Waals surface area contributed by atoms with E-state index in [1.807, 2.05) is 37.3 Å². The summed E-state index contributed by atoms with van der Waals surface area (Å²) in [5.74, 6) is -0.00819. The number of nitrogens with one attached hydrogen (secondary N) is 1. The molecule has 3 heteroatoms. The van der Waals surface area contributed by atoms with Crippen LogP contribution >= 0.6 is 0 Å². The van der Waals surface area contributed by atoms with Gasteiger partial charge in [0, 0.05) is 5.92 Å². The van der Waals surface area contributed by atoms with Crippen LogP contribution in [0.2, 0.25) is 0 Å². The van der Waals surface area contributed by atoms with Crippen LogP contribution in [0.1, 0.15) is 12.5 Å². The van der Waals surface area contributed by atoms with E-state index in [1.54, 1.807) is 0 Å². The predicted octanol–water partition coefficient (Wildman–Crippen LogP) is -0.439. The molecule has 0 aliphatic carbocycles. The maximum atomic E-state index is 10.7. The topological polar surface area (TPSA) is 44.9 Å². The van der Waals surface area contributed by atoms with E-state index in [2.05, 4.69) is 7.05 Å². The van der Waals surface area contributed by atoms with Gasteiger partial charge in [-0.1, -0.05) is 37.3 Å². The first-order valence-corrected chi connectivity index (χ1v) is 5.67. The summed E-state index contributed by atoms with van der Waals surface area (Å²) in [6, 6.07) is 9.42. The van der Waals surface area contributed by atoms with Crippen molar-refractivity contribution in [2.45, 2.75) is 18.6 Å². The van der Waals surface area contributed by atoms with E-state index in [1.165, 1.54) is 0 Å². The fourth-order valence-corrected chi connectivity index (χ4v) is 2.61. The normalized spacial score (nSPS) is 39.6. The maximum absolute atomic E-state index is 10.7. The third-order valence-corrected chi connectivity index (χ3v) is 3.57. The van der Waals surface area contributed by atoms with Gasteiger partial charge in [0.1, 0.15) is 11.7 Å². The number of hydrogen-bond donors (Lipinski definition) is 3. The number of piperidine rings is 1. The summed E-state index contributed by atoms with van der Waals surface area (Å²) in [7, 11) is 3.90. The predicted molar refractivity (Wildman–Crippen MR) is 61.6 cm³/mol. The summed E-state index contributed by atoms with van der Waals surface area (Å²) in [6.07, 6.45) is -0.758. The number of likely N-dealkylation sites (tertiary alicyclic amines) is 1. The zero-order chi connectivity index (χ0) is 11.8. The molecule has 1 aromatic rings. The van der Waals surface area contributed by atoms with E-state index in [-0.39, 0.29) is 5.92 Å². The first-order chi connectivity index (χ1) is 7.55. The van der Waals surface area contributed by atoms with Gasteiger partial charge in [-0.15, -0.1) is 0 Å². The number of quaternary nitrogens is 1. The van der Waals surface area contributed by atoms with Crippen LogP contribution in [-0.2, 0) is 5.60 Å². The highest BCUT2D eigenvalue weighted by molar-refractivity contribution is 5.25. The van der Waals surface area contributed by atoms with Gasteiger partial charge in [0.15, 0.2) is 0 Å². The van der Waals surface area contributed by atoms with Crippen molar-refractivity contribution in [3.63, 3.8) is 0 Å². The molecular formula is C13H19NO2. The van der Waals surface area contributed by atoms with Gasteiger partial charge in [0.25, 0.3) is 0 Å². The molecule has 3 nitrogen and oxygen atoms in total. The lowest BCUT2D eigenvalue weighted by molar-refractivity contribution is -0.871. The molecule has 1 aliphatic rings. The Balaban J connectivity index is 2.36. The standard InChI is InChI=1S/C13H19NO2/c1-10-8-14(2)9-12(15)13(10,16)11-6-4-3-5-7-11/h3-7,10,12,14-16H,2,8-9H2,1H3/t10?,12-,13-/m1/s1. The van der Waals surface area contributed by atoms with Gasteiger partial charge in [-0.05, 0) is 5.56 Å². The van der Waals surface area contributed by atoms with E-state index < -0.39 is 11.7 Å². The van der Waals surface area contributed by atoms with Crippen molar-refractivity contribution in [1.82, 2.24) is 0 Å². The molecule has 1 aromatic carbocycles. The van der Waals surface area contributed by atoms with Crippen molar-refractivity contribution < 1.29 is 15.1 Å². The van der Waals surface area contributed by atoms with Crippen LogP contribution in [0.5, 0.6) is 0 Å². The third-order valence-electron chi connectivity index (χ3n) is 3.57. The second kappa shape index (κ2) is 4.17. The Morgan fingerprint density at radius 2 is 1.94 bits per heavy atom. The molecule has 1 aliphatic heterocycles. The molecular weight excluding hydrogens is 202 g/mol. The molecule has 1 heterocycles. The van der Waals surface area contributed by atoms with Gasteiger partial charge in [0.05, 0.1) is 13.1 Å². The molecule has 16 heavy (non-hydrogen) atoms. The van der Waals surface area contributed by atoms with Crippen LogP contribution in [0.25, 0.3) is 0 Å². The molecule has 88 valence electrons. The Labute approximate surface area is 96.3 Å². The van der Waals surface area contributed by atoms with Crippen LogP contribution in [0.4, 0.5) is 0 Å². The number of aliphatic hydroxyl groups excluding tert-OH is 1. The van der Waals surface area contributed by atoms with Gasteiger partial charge in [-0.2, -0.15) is 7.05 Å². The molecule has 0 bridgehead atoms. The minimum Gasteiger partial charge on any atom is -0.465 e. The smallest absolute Gasteiger partial charge is 0.134 e. The second-order valence-corrected chi connectivity index (χ2v) is 4.77. The molecule has 1 fully saturated rings. The largest absolute Gasteiger partial charge is 0.465 e. The summed E-state index contributed by atoms with van der Waals surface area (Å²) in [5.41, 5.74) is -0.342. The summed E-state index contributed by atoms with van der Waals surface area (Å²) >= 11 is 0. The van der Waals surface area contributed by atoms with Gasteiger partial charge in [0.2, 0.25) is 0 Å². The summed E-state index contributed by atoms with van der Waals surface area (Å²) < 4.78 is 0. The first kappa shape index (κ1) is 11.6. The number of aliphatic hydroxyl groups is 2. The lowest BCUT2D eigenvalue weighted by atomic mass is 9.75. The van der Waals surface area contributed by atoms with Gasteiger partial charge >= 0.3 is 0 Å². The molecule has 3 N–H and O–H groups in total. The Morgan fingerprint density at radius 1 is 1.31 bits per heavy atom. The summed E-state index contributed by atoms with van der Waals surface area (Å²) in [6.45, 7) is 3.21. The molecule has 2 rings (SSSR count). The molecule has 0 spiro atoms. The van der Waals surface area contributed by atoms with E-state index in [0.717, 1.165) is 17.0 Å². The van der Waals surface area contributed by atoms with Crippen LogP contribution in [0.3, 0.4) is 0 Å². The number of hydrogen-bond acceptors (Lipinski definition) is 2. The summed E-state index contributed by atoms with van der Waals surface area (Å²) in [5, 5.41) is 20.8. The van der Waals surface area contributed by atoms with E-state index >= 15 is 0 Å². The lowest BCUT2D eigenvalue weighted by Gasteiger charge is -2.46. The van der Waals surface area contributed by atoms with E-state index in [0.29, 0.717) is 6.54 Å². The maximum Gasteiger partial charge on any atom is 0.134 e. The summed E-state index contributed by atoms with van der Waals surface area (Å²) in [4.78, 5) is 1.01. The highest BCUT2D eigenvalue weighted by atomic mass is 16.3. The van der Waals surface area contributed by atoms with E-state index in [4.69, 9.17) is 0 Å². The number of benzene rings is 1. The molecule has 0 amide bonds. The van der Waals surface area contributed by atoms with Crippen LogP contribution in [0.15, 0.2) is 30.3 Å². The van der Waals surface area contributed by atoms with Crippen molar-refractivity contribution in [3.8, 4) is 0 Å². The fourth-order valence-electron chi connectivity index (χ4n) is 2.61. The van der Waals surface area contributed by atoms with Crippen LogP contribution < -0.4 is 4.90 Å². The highest BCUT2D eigenvalue weighted by Crippen LogP contribution is 2.33. The fraction of sp³-hybridized carbons (Fsp3) is 0.462. The Bertz CT molecular complexity index is 340. The van der Waals surface area contributed by atoms with Crippen molar-refractivity contribution in [2.75, 3.05) is 13.1 Å². The Kier molecular flexibility index (Phi) is 3.02. The highest BCUT2D eigenvalue weighted by Gasteiger charge is 2.47. The molecule has 4 atom stereocenters. The quantitative estimate of drug-likeness (QED) is 0.563. The second-order valence-electron chi connectivity index (χ2n) is 4.77. The van der Waals surface area contributed by atoms with Gasteiger partial charge in [-0.25, -0.2) is 0 Å². The van der Waals surface area contributed by atoms with Gasteiger partial charge in [-0.3, -0.25) is 0 Å². The van der Waals surface area contributed by atoms with Crippen LogP contribution in [0, 0.1) is 13.0 Å². The average Bonchev–Trinajstić information content (AvgIpc) is 2.27. The van der Waals surface area contributed by atoms with E-state index in [9.17, 15) is 10.2 Å². The average molecular weight is 221 g/mol. The Morgan fingerprint density at radius 3 is 2.50 bits per heavy atom. The molecule has 0 saturated carbocycles. The third kappa shape index (κ3) is 1.75. The van der Waals surface area contributed by atoms with Crippen molar-refractivity contribution >= 4 is 0 Å². The number of rotatable bonds is 1. The van der Waals surface area contributed by atoms with Crippen molar-refractivity contribution in [3.05, 3.63) is 42.9 Å². The Hall–Kier alpha value is -0.900. The molecule has 0 aromatic heterocycles. The first-order valence-electron chi connectivity index (χ1n) is 5.67. The van der Waals surface area contributed by atoms with Gasteiger partial charge < -0.3 is 15.1 Å². The van der Waals surface area contributed by atoms with Crippen molar-refractivity contribution in [1.29, 1.82) is 0 Å². The SMILES string of the molecule is [CH2-][NH+]1CC(C)[C@@](O)(c2ccccc2)[C@H](O)C1. The zero-order valence-corrected chi connectivity index (χ0v) is 9.56. The van der Waals surface area contributed by atoms with Crippen LogP contribution in [-0.4, -0.2) is 29.4 Å².